The average Bonchev–Trinajstić information content (AvgIpc) is 2.57. The fourth-order valence-electron chi connectivity index (χ4n) is 3.46. The number of nitrogens with zero attached hydrogens (tertiary/aromatic N) is 2. The van der Waals surface area contributed by atoms with Gasteiger partial charge in [0.15, 0.2) is 0 Å². The summed E-state index contributed by atoms with van der Waals surface area (Å²) in [5.41, 5.74) is 0.673. The van der Waals surface area contributed by atoms with Crippen LogP contribution in [0.1, 0.15) is 24.4 Å². The summed E-state index contributed by atoms with van der Waals surface area (Å²) < 4.78 is 18.9. The zero-order chi connectivity index (χ0) is 16.4. The topological polar surface area (TPSA) is 49.9 Å². The summed E-state index contributed by atoms with van der Waals surface area (Å²) in [7, 11) is 1.69. The predicted molar refractivity (Wildman–Crippen MR) is 82.0 cm³/mol. The second-order valence-electron chi connectivity index (χ2n) is 6.09. The van der Waals surface area contributed by atoms with Crippen molar-refractivity contribution in [3.8, 4) is 0 Å². The molecule has 0 spiro atoms. The molecule has 1 aromatic rings. The van der Waals surface area contributed by atoms with Gasteiger partial charge in [-0.1, -0.05) is 12.1 Å². The van der Waals surface area contributed by atoms with E-state index in [1.807, 2.05) is 0 Å². The van der Waals surface area contributed by atoms with Crippen LogP contribution in [0.5, 0.6) is 0 Å². The largest absolute Gasteiger partial charge is 0.378 e. The summed E-state index contributed by atoms with van der Waals surface area (Å²) >= 11 is 0. The van der Waals surface area contributed by atoms with Crippen LogP contribution in [0.25, 0.3) is 0 Å². The molecule has 5 nitrogen and oxygen atoms in total. The number of halogens is 1. The molecule has 2 saturated heterocycles. The molecule has 6 heteroatoms. The highest BCUT2D eigenvalue weighted by Crippen LogP contribution is 2.37. The maximum Gasteiger partial charge on any atom is 0.228 e. The number of morpholine rings is 1. The van der Waals surface area contributed by atoms with Gasteiger partial charge < -0.3 is 14.5 Å². The van der Waals surface area contributed by atoms with Crippen molar-refractivity contribution in [1.82, 2.24) is 9.80 Å². The Labute approximate surface area is 135 Å². The number of carbonyl (C=O) groups excluding carboxylic acids is 2. The molecule has 23 heavy (non-hydrogen) atoms. The van der Waals surface area contributed by atoms with Gasteiger partial charge in [0.05, 0.1) is 25.2 Å². The van der Waals surface area contributed by atoms with Crippen molar-refractivity contribution in [1.29, 1.82) is 0 Å². The number of carbonyl (C=O) groups is 2. The third-order valence-electron chi connectivity index (χ3n) is 4.69. The van der Waals surface area contributed by atoms with E-state index in [4.69, 9.17) is 4.74 Å². The first kappa shape index (κ1) is 15.9. The van der Waals surface area contributed by atoms with Gasteiger partial charge in [0.1, 0.15) is 5.82 Å². The van der Waals surface area contributed by atoms with E-state index in [1.54, 1.807) is 29.0 Å². The Balaban J connectivity index is 1.89. The van der Waals surface area contributed by atoms with Crippen molar-refractivity contribution in [2.45, 2.75) is 18.9 Å². The smallest absolute Gasteiger partial charge is 0.228 e. The molecular weight excluding hydrogens is 299 g/mol. The molecule has 0 radical (unpaired) electrons. The minimum Gasteiger partial charge on any atom is -0.378 e. The Bertz CT molecular complexity index is 601. The van der Waals surface area contributed by atoms with Crippen molar-refractivity contribution in [2.75, 3.05) is 33.4 Å². The molecule has 2 amide bonds. The van der Waals surface area contributed by atoms with Crippen LogP contribution in [0.3, 0.4) is 0 Å². The fraction of sp³-hybridized carbons (Fsp3) is 0.529. The van der Waals surface area contributed by atoms with Gasteiger partial charge in [-0.2, -0.15) is 0 Å². The third kappa shape index (κ3) is 3.22. The van der Waals surface area contributed by atoms with E-state index in [1.165, 1.54) is 12.1 Å². The predicted octanol–water partition coefficient (Wildman–Crippen LogP) is 1.59. The van der Waals surface area contributed by atoms with Crippen molar-refractivity contribution >= 4 is 11.8 Å². The highest BCUT2D eigenvalue weighted by atomic mass is 19.1. The first-order valence-corrected chi connectivity index (χ1v) is 7.95. The third-order valence-corrected chi connectivity index (χ3v) is 4.69. The van der Waals surface area contributed by atoms with Crippen molar-refractivity contribution < 1.29 is 18.7 Å². The second kappa shape index (κ2) is 6.66. The maximum absolute atomic E-state index is 13.6. The zero-order valence-corrected chi connectivity index (χ0v) is 13.2. The van der Waals surface area contributed by atoms with E-state index in [2.05, 4.69) is 0 Å². The van der Waals surface area contributed by atoms with E-state index < -0.39 is 6.04 Å². The summed E-state index contributed by atoms with van der Waals surface area (Å²) in [6.45, 7) is 2.22. The Kier molecular flexibility index (Phi) is 4.61. The molecule has 2 aliphatic heterocycles. The van der Waals surface area contributed by atoms with Gasteiger partial charge in [-0.25, -0.2) is 4.39 Å². The van der Waals surface area contributed by atoms with Crippen LogP contribution in [0.2, 0.25) is 0 Å². The van der Waals surface area contributed by atoms with E-state index in [0.717, 1.165) is 0 Å². The van der Waals surface area contributed by atoms with Crippen LogP contribution in [0, 0.1) is 11.7 Å². The summed E-state index contributed by atoms with van der Waals surface area (Å²) in [5.74, 6) is -0.670. The standard InChI is InChI=1S/C17H21FN2O3/c1-19-15(21)6-5-14(17(22)20-7-9-23-10-8-20)16(19)12-3-2-4-13(18)11-12/h2-4,11,14,16H,5-10H2,1H3/t14-,16-/m1/s1. The van der Waals surface area contributed by atoms with E-state index in [9.17, 15) is 14.0 Å². The van der Waals surface area contributed by atoms with E-state index >= 15 is 0 Å². The lowest BCUT2D eigenvalue weighted by molar-refractivity contribution is -0.149. The lowest BCUT2D eigenvalue weighted by Crippen LogP contribution is -2.50. The molecule has 2 aliphatic rings. The van der Waals surface area contributed by atoms with Crippen molar-refractivity contribution in [3.63, 3.8) is 0 Å². The number of likely N-dealkylation sites (tertiary alicyclic amines) is 1. The fourth-order valence-corrected chi connectivity index (χ4v) is 3.46. The van der Waals surface area contributed by atoms with Crippen LogP contribution >= 0.6 is 0 Å². The summed E-state index contributed by atoms with van der Waals surface area (Å²) in [5, 5.41) is 0. The summed E-state index contributed by atoms with van der Waals surface area (Å²) in [4.78, 5) is 28.4. The number of rotatable bonds is 2. The number of hydrogen-bond acceptors (Lipinski definition) is 3. The second-order valence-corrected chi connectivity index (χ2v) is 6.09. The minimum atomic E-state index is -0.415. The highest BCUT2D eigenvalue weighted by molar-refractivity contribution is 5.85. The minimum absolute atomic E-state index is 0.00899. The molecule has 2 heterocycles. The Morgan fingerprint density at radius 1 is 1.30 bits per heavy atom. The lowest BCUT2D eigenvalue weighted by Gasteiger charge is -2.41. The van der Waals surface area contributed by atoms with Crippen molar-refractivity contribution in [3.05, 3.63) is 35.6 Å². The Hall–Kier alpha value is -1.95. The normalized spacial score (nSPS) is 25.6. The molecule has 0 aromatic heterocycles. The molecule has 2 fully saturated rings. The van der Waals surface area contributed by atoms with Crippen LogP contribution < -0.4 is 0 Å². The van der Waals surface area contributed by atoms with Crippen LogP contribution in [0.4, 0.5) is 4.39 Å². The molecule has 0 unspecified atom stereocenters. The molecule has 1 aromatic carbocycles. The molecule has 3 rings (SSSR count). The van der Waals surface area contributed by atoms with Crippen molar-refractivity contribution in [2.24, 2.45) is 5.92 Å². The van der Waals surface area contributed by atoms with Gasteiger partial charge >= 0.3 is 0 Å². The van der Waals surface area contributed by atoms with Crippen LogP contribution in [-0.4, -0.2) is 55.0 Å². The monoisotopic (exact) mass is 320 g/mol. The summed E-state index contributed by atoms with van der Waals surface area (Å²) in [6, 6.07) is 5.77. The van der Waals surface area contributed by atoms with Crippen LogP contribution in [0.15, 0.2) is 24.3 Å². The molecule has 0 saturated carbocycles. The Morgan fingerprint density at radius 2 is 2.04 bits per heavy atom. The molecular formula is C17H21FN2O3. The van der Waals surface area contributed by atoms with Gasteiger partial charge in [0.2, 0.25) is 11.8 Å². The maximum atomic E-state index is 13.6. The van der Waals surface area contributed by atoms with E-state index in [0.29, 0.717) is 44.7 Å². The molecule has 2 atom stereocenters. The zero-order valence-electron chi connectivity index (χ0n) is 13.2. The first-order valence-electron chi connectivity index (χ1n) is 7.95. The van der Waals surface area contributed by atoms with Gasteiger partial charge in [-0.3, -0.25) is 9.59 Å². The number of benzene rings is 1. The molecule has 124 valence electrons. The average molecular weight is 320 g/mol. The van der Waals surface area contributed by atoms with Crippen LogP contribution in [-0.2, 0) is 14.3 Å². The Morgan fingerprint density at radius 3 is 2.74 bits per heavy atom. The van der Waals surface area contributed by atoms with Gasteiger partial charge in [0, 0.05) is 26.6 Å². The SMILES string of the molecule is CN1C(=O)CC[C@@H](C(=O)N2CCOCC2)[C@H]1c1cccc(F)c1. The lowest BCUT2D eigenvalue weighted by atomic mass is 9.83. The number of ether oxygens (including phenoxy) is 1. The first-order chi connectivity index (χ1) is 11.1. The van der Waals surface area contributed by atoms with Gasteiger partial charge in [0.25, 0.3) is 0 Å². The molecule has 0 aliphatic carbocycles. The van der Waals surface area contributed by atoms with Gasteiger partial charge in [-0.15, -0.1) is 0 Å². The molecule has 0 bridgehead atoms. The number of piperidine rings is 1. The number of amides is 2. The highest BCUT2D eigenvalue weighted by Gasteiger charge is 2.40. The quantitative estimate of drug-likeness (QED) is 0.831. The van der Waals surface area contributed by atoms with Gasteiger partial charge in [-0.05, 0) is 24.1 Å². The molecule has 0 N–H and O–H groups in total. The number of hydrogen-bond donors (Lipinski definition) is 0. The summed E-state index contributed by atoms with van der Waals surface area (Å²) in [6.07, 6.45) is 0.851. The van der Waals surface area contributed by atoms with E-state index in [-0.39, 0.29) is 23.5 Å².